The Bertz CT molecular complexity index is 949. The Morgan fingerprint density at radius 3 is 2.59 bits per heavy atom. The van der Waals surface area contributed by atoms with Gasteiger partial charge in [-0.2, -0.15) is 0 Å². The van der Waals surface area contributed by atoms with E-state index in [1.54, 1.807) is 12.1 Å². The summed E-state index contributed by atoms with van der Waals surface area (Å²) in [4.78, 5) is 35.4. The molecule has 3 rings (SSSR count). The highest BCUT2D eigenvalue weighted by Gasteiger charge is 2.30. The lowest BCUT2D eigenvalue weighted by Gasteiger charge is -2.30. The second kappa shape index (κ2) is 7.28. The standard InChI is InChI=1S/C19H16N2O6/c1-12-2-7-16-15(10-12)20(9-8-18(22)23)19(24)17(27-16)11-13-3-5-14(6-4-13)21(25)26/h2-7,10-11H,8-9H2,1H3,(H,22,23)/b17-11+. The van der Waals surface area contributed by atoms with Gasteiger partial charge in [0.2, 0.25) is 0 Å². The fraction of sp³-hybridized carbons (Fsp3) is 0.158. The van der Waals surface area contributed by atoms with Crippen molar-refractivity contribution in [1.29, 1.82) is 0 Å². The van der Waals surface area contributed by atoms with Gasteiger partial charge in [-0.3, -0.25) is 19.7 Å². The number of hydrogen-bond acceptors (Lipinski definition) is 5. The summed E-state index contributed by atoms with van der Waals surface area (Å²) in [6, 6.07) is 11.0. The fourth-order valence-corrected chi connectivity index (χ4v) is 2.69. The van der Waals surface area contributed by atoms with Crippen molar-refractivity contribution in [3.8, 4) is 5.75 Å². The predicted molar refractivity (Wildman–Crippen MR) is 97.5 cm³/mol. The minimum atomic E-state index is -1.01. The number of carboxylic acids is 1. The molecule has 1 aliphatic heterocycles. The molecule has 1 N–H and O–H groups in total. The summed E-state index contributed by atoms with van der Waals surface area (Å²) in [7, 11) is 0. The number of rotatable bonds is 5. The number of hydrogen-bond donors (Lipinski definition) is 1. The molecule has 0 aliphatic carbocycles. The predicted octanol–water partition coefficient (Wildman–Crippen LogP) is 3.14. The number of carbonyl (C=O) groups is 2. The summed E-state index contributed by atoms with van der Waals surface area (Å²) in [5.41, 5.74) is 1.92. The van der Waals surface area contributed by atoms with Gasteiger partial charge in [0, 0.05) is 18.7 Å². The molecule has 1 heterocycles. The molecule has 2 aromatic rings. The van der Waals surface area contributed by atoms with Crippen molar-refractivity contribution in [2.75, 3.05) is 11.4 Å². The topological polar surface area (TPSA) is 110 Å². The third-order valence-corrected chi connectivity index (χ3v) is 4.03. The van der Waals surface area contributed by atoms with Crippen molar-refractivity contribution in [2.45, 2.75) is 13.3 Å². The summed E-state index contributed by atoms with van der Waals surface area (Å²) >= 11 is 0. The number of nitro benzene ring substituents is 1. The minimum absolute atomic E-state index is 0.00554. The third kappa shape index (κ3) is 3.95. The van der Waals surface area contributed by atoms with E-state index >= 15 is 0 Å². The van der Waals surface area contributed by atoms with Crippen molar-refractivity contribution in [2.24, 2.45) is 0 Å². The number of anilines is 1. The van der Waals surface area contributed by atoms with Gasteiger partial charge in [0.15, 0.2) is 11.5 Å². The maximum absolute atomic E-state index is 12.8. The number of carboxylic acid groups (broad SMARTS) is 1. The van der Waals surface area contributed by atoms with Gasteiger partial charge in [-0.1, -0.05) is 6.07 Å². The fourth-order valence-electron chi connectivity index (χ4n) is 2.69. The average Bonchev–Trinajstić information content (AvgIpc) is 2.62. The molecule has 0 radical (unpaired) electrons. The molecule has 0 saturated heterocycles. The number of non-ortho nitro benzene ring substituents is 1. The first-order chi connectivity index (χ1) is 12.8. The molecule has 8 heteroatoms. The van der Waals surface area contributed by atoms with E-state index in [0.717, 1.165) is 5.56 Å². The second-order valence-electron chi connectivity index (χ2n) is 6.03. The van der Waals surface area contributed by atoms with Gasteiger partial charge in [0.25, 0.3) is 11.6 Å². The van der Waals surface area contributed by atoms with Crippen LogP contribution in [0.4, 0.5) is 11.4 Å². The highest BCUT2D eigenvalue weighted by Crippen LogP contribution is 2.36. The van der Waals surface area contributed by atoms with Crippen LogP contribution in [0.3, 0.4) is 0 Å². The van der Waals surface area contributed by atoms with E-state index in [0.29, 0.717) is 17.0 Å². The molecule has 2 aromatic carbocycles. The van der Waals surface area contributed by atoms with Crippen LogP contribution in [0.2, 0.25) is 0 Å². The SMILES string of the molecule is Cc1ccc2c(c1)N(CCC(=O)O)C(=O)/C(=C\c1ccc([N+](=O)[O-])cc1)O2. The summed E-state index contributed by atoms with van der Waals surface area (Å²) in [5, 5.41) is 19.7. The van der Waals surface area contributed by atoms with Crippen LogP contribution in [0.25, 0.3) is 6.08 Å². The van der Waals surface area contributed by atoms with Crippen molar-refractivity contribution in [1.82, 2.24) is 0 Å². The molecule has 138 valence electrons. The van der Waals surface area contributed by atoms with Crippen LogP contribution in [-0.4, -0.2) is 28.5 Å². The van der Waals surface area contributed by atoms with Crippen molar-refractivity contribution >= 4 is 29.3 Å². The van der Waals surface area contributed by atoms with E-state index in [9.17, 15) is 19.7 Å². The normalized spacial score (nSPS) is 14.6. The molecule has 27 heavy (non-hydrogen) atoms. The van der Waals surface area contributed by atoms with E-state index in [-0.39, 0.29) is 24.4 Å². The van der Waals surface area contributed by atoms with Crippen LogP contribution in [0.5, 0.6) is 5.75 Å². The van der Waals surface area contributed by atoms with Crippen molar-refractivity contribution < 1.29 is 24.4 Å². The number of carbonyl (C=O) groups excluding carboxylic acids is 1. The number of nitro groups is 1. The van der Waals surface area contributed by atoms with Gasteiger partial charge in [0.1, 0.15) is 0 Å². The Labute approximate surface area is 154 Å². The Morgan fingerprint density at radius 1 is 1.26 bits per heavy atom. The largest absolute Gasteiger partial charge is 0.481 e. The van der Waals surface area contributed by atoms with Crippen LogP contribution in [0, 0.1) is 17.0 Å². The average molecular weight is 368 g/mol. The number of ether oxygens (including phenoxy) is 1. The smallest absolute Gasteiger partial charge is 0.305 e. The zero-order valence-corrected chi connectivity index (χ0v) is 14.4. The summed E-state index contributed by atoms with van der Waals surface area (Å²) in [5.74, 6) is -1.01. The molecule has 0 atom stereocenters. The van der Waals surface area contributed by atoms with Gasteiger partial charge in [-0.05, 0) is 48.4 Å². The van der Waals surface area contributed by atoms with Gasteiger partial charge < -0.3 is 14.7 Å². The number of nitrogens with zero attached hydrogens (tertiary/aromatic N) is 2. The van der Waals surface area contributed by atoms with Crippen LogP contribution < -0.4 is 9.64 Å². The maximum Gasteiger partial charge on any atom is 0.305 e. The Balaban J connectivity index is 1.97. The molecule has 0 bridgehead atoms. The van der Waals surface area contributed by atoms with Crippen LogP contribution in [0.15, 0.2) is 48.2 Å². The lowest BCUT2D eigenvalue weighted by Crippen LogP contribution is -2.38. The lowest BCUT2D eigenvalue weighted by molar-refractivity contribution is -0.384. The summed E-state index contributed by atoms with van der Waals surface area (Å²) in [6.07, 6.45) is 1.27. The molecule has 0 unspecified atom stereocenters. The molecule has 8 nitrogen and oxygen atoms in total. The van der Waals surface area contributed by atoms with E-state index in [1.807, 2.05) is 13.0 Å². The molecular weight excluding hydrogens is 352 g/mol. The second-order valence-corrected chi connectivity index (χ2v) is 6.03. The first-order valence-electron chi connectivity index (χ1n) is 8.13. The molecule has 0 saturated carbocycles. The molecule has 0 spiro atoms. The molecular formula is C19H16N2O6. The van der Waals surface area contributed by atoms with Gasteiger partial charge >= 0.3 is 5.97 Å². The van der Waals surface area contributed by atoms with Crippen molar-refractivity contribution in [3.63, 3.8) is 0 Å². The summed E-state index contributed by atoms with van der Waals surface area (Å²) in [6.45, 7) is 1.87. The van der Waals surface area contributed by atoms with Gasteiger partial charge in [-0.15, -0.1) is 0 Å². The van der Waals surface area contributed by atoms with Crippen LogP contribution in [-0.2, 0) is 9.59 Å². The molecule has 0 fully saturated rings. The maximum atomic E-state index is 12.8. The Hall–Kier alpha value is -3.68. The number of benzene rings is 2. The number of amides is 1. The third-order valence-electron chi connectivity index (χ3n) is 4.03. The van der Waals surface area contributed by atoms with E-state index in [2.05, 4.69) is 0 Å². The number of fused-ring (bicyclic) bond motifs is 1. The number of aliphatic carboxylic acids is 1. The molecule has 0 aromatic heterocycles. The number of aryl methyl sites for hydroxylation is 1. The highest BCUT2D eigenvalue weighted by atomic mass is 16.6. The van der Waals surface area contributed by atoms with Gasteiger partial charge in [-0.25, -0.2) is 0 Å². The first-order valence-corrected chi connectivity index (χ1v) is 8.13. The van der Waals surface area contributed by atoms with Gasteiger partial charge in [0.05, 0.1) is 17.0 Å². The monoisotopic (exact) mass is 368 g/mol. The van der Waals surface area contributed by atoms with E-state index in [1.165, 1.54) is 35.2 Å². The van der Waals surface area contributed by atoms with E-state index < -0.39 is 16.8 Å². The summed E-state index contributed by atoms with van der Waals surface area (Å²) < 4.78 is 5.71. The first kappa shape index (κ1) is 18.1. The minimum Gasteiger partial charge on any atom is -0.481 e. The van der Waals surface area contributed by atoms with E-state index in [4.69, 9.17) is 9.84 Å². The Kier molecular flexibility index (Phi) is 4.89. The Morgan fingerprint density at radius 2 is 1.96 bits per heavy atom. The molecule has 1 amide bonds. The molecule has 1 aliphatic rings. The lowest BCUT2D eigenvalue weighted by atomic mass is 10.1. The zero-order chi connectivity index (χ0) is 19.6. The van der Waals surface area contributed by atoms with Crippen LogP contribution >= 0.6 is 0 Å². The zero-order valence-electron chi connectivity index (χ0n) is 14.4. The highest BCUT2D eigenvalue weighted by molar-refractivity contribution is 6.10. The quantitative estimate of drug-likeness (QED) is 0.493. The van der Waals surface area contributed by atoms with Crippen molar-refractivity contribution in [3.05, 3.63) is 69.5 Å². The van der Waals surface area contributed by atoms with Crippen LogP contribution in [0.1, 0.15) is 17.5 Å².